The predicted molar refractivity (Wildman–Crippen MR) is 113 cm³/mol. The highest BCUT2D eigenvalue weighted by atomic mass is 32.2. The maximum atomic E-state index is 13.2. The number of nitrogens with one attached hydrogen (secondary N) is 5. The predicted octanol–water partition coefficient (Wildman–Crippen LogP) is -2.51. The highest BCUT2D eigenvalue weighted by molar-refractivity contribution is 7.94. The minimum atomic E-state index is -4.49. The van der Waals surface area contributed by atoms with Crippen LogP contribution in [0.5, 0.6) is 0 Å². The average Bonchev–Trinajstić information content (AvgIpc) is 3.32. The summed E-state index contributed by atoms with van der Waals surface area (Å²) in [7, 11) is -8.46. The third kappa shape index (κ3) is 3.33. The van der Waals surface area contributed by atoms with Crippen molar-refractivity contribution < 1.29 is 16.8 Å². The van der Waals surface area contributed by atoms with Crippen LogP contribution in [0.1, 0.15) is 11.7 Å². The molecule has 14 nitrogen and oxygen atoms in total. The maximum Gasteiger partial charge on any atom is 0.240 e. The fourth-order valence-corrected chi connectivity index (χ4v) is 7.03. The number of rotatable bonds is 5. The van der Waals surface area contributed by atoms with Crippen LogP contribution < -0.4 is 38.1 Å². The van der Waals surface area contributed by atoms with Crippen LogP contribution in [0.4, 0.5) is 5.95 Å². The molecule has 3 aromatic rings. The maximum absolute atomic E-state index is 13.2. The van der Waals surface area contributed by atoms with Gasteiger partial charge in [-0.1, -0.05) is 12.1 Å². The van der Waals surface area contributed by atoms with E-state index in [4.69, 9.17) is 10.9 Å². The molecule has 1 aromatic carbocycles. The minimum Gasteiger partial charge on any atom is -0.366 e. The highest BCUT2D eigenvalue weighted by Crippen LogP contribution is 2.38. The van der Waals surface area contributed by atoms with Crippen molar-refractivity contribution in [3.8, 4) is 11.3 Å². The normalized spacial score (nSPS) is 18.3. The Morgan fingerprint density at radius 1 is 1.03 bits per heavy atom. The summed E-state index contributed by atoms with van der Waals surface area (Å²) in [4.78, 5) is 3.27. The molecular weight excluding hydrogens is 460 g/mol. The number of sulfonamides is 1. The zero-order valence-electron chi connectivity index (χ0n) is 16.4. The fraction of sp³-hybridized carbons (Fsp3) is 0.250. The molecule has 170 valence electrons. The first-order chi connectivity index (χ1) is 15.2. The summed E-state index contributed by atoms with van der Waals surface area (Å²) in [6.45, 7) is 0.452. The van der Waals surface area contributed by atoms with E-state index in [0.717, 1.165) is 0 Å². The van der Waals surface area contributed by atoms with E-state index in [9.17, 15) is 16.8 Å². The second-order valence-electron chi connectivity index (χ2n) is 7.35. The average molecular weight is 481 g/mol. The van der Waals surface area contributed by atoms with Crippen LogP contribution in [0.3, 0.4) is 0 Å². The number of aromatic nitrogens is 3. The highest BCUT2D eigenvalue weighted by Gasteiger charge is 2.39. The molecule has 2 aliphatic rings. The molecule has 0 bridgehead atoms. The molecule has 0 amide bonds. The van der Waals surface area contributed by atoms with Gasteiger partial charge in [0, 0.05) is 24.2 Å². The van der Waals surface area contributed by atoms with Gasteiger partial charge in [0.15, 0.2) is 15.5 Å². The number of hydrazine groups is 3. The second-order valence-corrected chi connectivity index (χ2v) is 11.0. The summed E-state index contributed by atoms with van der Waals surface area (Å²) in [5.74, 6) is 0.0304. The number of sulfone groups is 1. The standard InChI is InChI=1S/C16H20N10O4S2/c17-16-20-12-3-1-2-10(26(12)23-16)9-4-5-11(31(27,28)8-6-19-7-8)14(32(18,29)30)13(9)15-21-24-25-22-15/h1-5,8,15,19,21-22,24-25H,6-7H2,(H2,17,23)(H2,18,29,30). The monoisotopic (exact) mass is 480 g/mol. The lowest BCUT2D eigenvalue weighted by Crippen LogP contribution is -2.51. The lowest BCUT2D eigenvalue weighted by molar-refractivity contribution is 0.491. The molecule has 0 atom stereocenters. The van der Waals surface area contributed by atoms with E-state index in [1.807, 2.05) is 0 Å². The fourth-order valence-electron chi connectivity index (χ4n) is 3.79. The Morgan fingerprint density at radius 3 is 2.38 bits per heavy atom. The Balaban J connectivity index is 1.86. The Hall–Kier alpha value is -2.70. The molecule has 9 N–H and O–H groups in total. The molecule has 0 unspecified atom stereocenters. The van der Waals surface area contributed by atoms with Crippen LogP contribution in [-0.4, -0.2) is 49.8 Å². The summed E-state index contributed by atoms with van der Waals surface area (Å²) in [5, 5.41) is 11.9. The molecule has 2 aromatic heterocycles. The molecule has 32 heavy (non-hydrogen) atoms. The molecule has 5 rings (SSSR count). The third-order valence-electron chi connectivity index (χ3n) is 5.37. The van der Waals surface area contributed by atoms with Crippen molar-refractivity contribution in [3.63, 3.8) is 0 Å². The molecule has 2 fully saturated rings. The van der Waals surface area contributed by atoms with Gasteiger partial charge in [-0.15, -0.1) is 5.10 Å². The number of hydrogen-bond acceptors (Lipinski definition) is 12. The number of nitrogens with two attached hydrogens (primary N) is 2. The number of benzene rings is 1. The van der Waals surface area contributed by atoms with Gasteiger partial charge in [-0.2, -0.15) is 16.1 Å². The number of hydrogen-bond donors (Lipinski definition) is 7. The summed E-state index contributed by atoms with van der Waals surface area (Å²) in [5.41, 5.74) is 17.9. The van der Waals surface area contributed by atoms with E-state index in [1.54, 1.807) is 18.2 Å². The van der Waals surface area contributed by atoms with E-state index in [2.05, 4.69) is 37.3 Å². The van der Waals surface area contributed by atoms with E-state index >= 15 is 0 Å². The molecular formula is C16H20N10O4S2. The minimum absolute atomic E-state index is 0.0304. The van der Waals surface area contributed by atoms with Crippen molar-refractivity contribution in [2.24, 2.45) is 5.14 Å². The first-order valence-electron chi connectivity index (χ1n) is 9.45. The van der Waals surface area contributed by atoms with Crippen molar-refractivity contribution in [1.82, 2.24) is 41.8 Å². The topological polar surface area (TPSA) is 211 Å². The van der Waals surface area contributed by atoms with Crippen LogP contribution in [0.15, 0.2) is 40.1 Å². The van der Waals surface area contributed by atoms with Gasteiger partial charge < -0.3 is 11.1 Å². The number of anilines is 1. The van der Waals surface area contributed by atoms with Gasteiger partial charge in [0.05, 0.1) is 15.8 Å². The van der Waals surface area contributed by atoms with E-state index < -0.39 is 36.2 Å². The van der Waals surface area contributed by atoms with Crippen LogP contribution >= 0.6 is 0 Å². The number of primary sulfonamides is 1. The first kappa shape index (κ1) is 21.2. The van der Waals surface area contributed by atoms with E-state index in [-0.39, 0.29) is 29.5 Å². The lowest BCUT2D eigenvalue weighted by Gasteiger charge is -2.29. The molecule has 4 heterocycles. The molecule has 16 heteroatoms. The summed E-state index contributed by atoms with van der Waals surface area (Å²) >= 11 is 0. The lowest BCUT2D eigenvalue weighted by atomic mass is 10.0. The Bertz CT molecular complexity index is 1430. The van der Waals surface area contributed by atoms with Crippen molar-refractivity contribution in [2.45, 2.75) is 21.2 Å². The second kappa shape index (κ2) is 7.42. The number of fused-ring (bicyclic) bond motifs is 1. The van der Waals surface area contributed by atoms with Crippen LogP contribution in [0, 0.1) is 0 Å². The van der Waals surface area contributed by atoms with Gasteiger partial charge in [0.25, 0.3) is 0 Å². The Kier molecular flexibility index (Phi) is 4.91. The van der Waals surface area contributed by atoms with E-state index in [1.165, 1.54) is 16.6 Å². The molecule has 2 aliphatic heterocycles. The largest absolute Gasteiger partial charge is 0.366 e. The number of nitrogen functional groups attached to an aromatic ring is 1. The van der Waals surface area contributed by atoms with Crippen LogP contribution in [0.25, 0.3) is 16.9 Å². The van der Waals surface area contributed by atoms with Gasteiger partial charge in [-0.25, -0.2) is 37.3 Å². The first-order valence-corrected chi connectivity index (χ1v) is 12.5. The van der Waals surface area contributed by atoms with Crippen molar-refractivity contribution in [2.75, 3.05) is 18.8 Å². The van der Waals surface area contributed by atoms with E-state index in [0.29, 0.717) is 16.9 Å². The van der Waals surface area contributed by atoms with Crippen molar-refractivity contribution in [1.29, 1.82) is 0 Å². The van der Waals surface area contributed by atoms with Gasteiger partial charge >= 0.3 is 0 Å². The zero-order valence-corrected chi connectivity index (χ0v) is 18.0. The van der Waals surface area contributed by atoms with Crippen LogP contribution in [-0.2, 0) is 19.9 Å². The van der Waals surface area contributed by atoms with Gasteiger partial charge in [0.2, 0.25) is 16.0 Å². The molecule has 2 saturated heterocycles. The Morgan fingerprint density at radius 2 is 1.75 bits per heavy atom. The SMILES string of the molecule is Nc1nc2cccc(-c3ccc(S(=O)(=O)C4CNC4)c(S(N)(=O)=O)c3C3NNNN3)n2n1. The number of pyridine rings is 1. The van der Waals surface area contributed by atoms with Crippen molar-refractivity contribution >= 4 is 31.5 Å². The molecule has 0 radical (unpaired) electrons. The summed E-state index contributed by atoms with van der Waals surface area (Å²) < 4.78 is 53.5. The van der Waals surface area contributed by atoms with Gasteiger partial charge in [-0.05, 0) is 18.2 Å². The zero-order chi connectivity index (χ0) is 22.7. The molecule has 0 spiro atoms. The third-order valence-corrected chi connectivity index (χ3v) is 8.67. The Labute approximate surface area is 182 Å². The van der Waals surface area contributed by atoms with Gasteiger partial charge in [-0.3, -0.25) is 0 Å². The quantitative estimate of drug-likeness (QED) is 0.202. The molecule has 0 aliphatic carbocycles. The van der Waals surface area contributed by atoms with Gasteiger partial charge in [0.1, 0.15) is 11.1 Å². The molecule has 0 saturated carbocycles. The smallest absolute Gasteiger partial charge is 0.240 e. The van der Waals surface area contributed by atoms with Crippen molar-refractivity contribution in [3.05, 3.63) is 35.9 Å². The summed E-state index contributed by atoms with van der Waals surface area (Å²) in [6.07, 6.45) is -0.857. The summed E-state index contributed by atoms with van der Waals surface area (Å²) in [6, 6.07) is 7.87. The van der Waals surface area contributed by atoms with Crippen LogP contribution in [0.2, 0.25) is 0 Å². The number of nitrogens with zero attached hydrogens (tertiary/aromatic N) is 3.